The molecule has 0 aliphatic carbocycles. The van der Waals surface area contributed by atoms with E-state index in [-0.39, 0.29) is 64.6 Å². The Morgan fingerprint density at radius 1 is 0.370 bits per heavy atom. The predicted octanol–water partition coefficient (Wildman–Crippen LogP) is 12.8. The Balaban J connectivity index is 0.000000137. The van der Waals surface area contributed by atoms with E-state index >= 15 is 0 Å². The molecule has 0 atom stereocenters. The Kier molecular flexibility index (Phi) is 36.2. The number of rotatable bonds is 21. The van der Waals surface area contributed by atoms with E-state index in [1.54, 1.807) is 74.7 Å². The van der Waals surface area contributed by atoms with Crippen LogP contribution in [0.2, 0.25) is 5.02 Å². The molecule has 7 aliphatic heterocycles. The lowest BCUT2D eigenvalue weighted by molar-refractivity contribution is 0.0584. The summed E-state index contributed by atoms with van der Waals surface area (Å²) < 4.78 is 23.3. The second kappa shape index (κ2) is 49.9. The minimum absolute atomic E-state index is 0.00138. The Morgan fingerprint density at radius 2 is 0.719 bits per heavy atom. The number of hydrogen-bond acceptors (Lipinski definition) is 28. The summed E-state index contributed by atoms with van der Waals surface area (Å²) in [5.41, 5.74) is 14.9. The number of piperazine rings is 4. The first-order valence-electron chi connectivity index (χ1n) is 49.5. The second-order valence-corrected chi connectivity index (χ2v) is 38.3. The van der Waals surface area contributed by atoms with Gasteiger partial charge in [0, 0.05) is 270 Å². The van der Waals surface area contributed by atoms with Crippen LogP contribution >= 0.6 is 11.6 Å². The van der Waals surface area contributed by atoms with Crippen LogP contribution in [-0.2, 0) is 42.2 Å². The number of hydrogen-bond donors (Lipinski definition) is 1. The average Bonchev–Trinajstić information content (AvgIpc) is 0.852. The monoisotopic (exact) mass is 2010 g/mol. The SMILES string of the molecule is CC(=O)c1ccn(C(=O)N2CCC(C)(N(C)Cc3ccc(C)cc3N3CCOCC3)CC2)n1.CC(=O)c1ccn(C(=O)N2CCN(Cc3ccc(C)cc3-c3nn[nH]n3)CC2)n1.CC(=O)c1ccn(C(=O)N2CCN(Cc3ccc(C)cc3N3CCOCC3)CC2)n1.CC(=O)c1ccn(C(=O)N2CCN(Cc3ccc(Cl)cc3)CC2)n1.CC(=O)c1ccn(C(=O)N2CCN(Cc3cccc(Oc4ccccc4)c3)CC2)n1. The zero-order chi connectivity index (χ0) is 103. The van der Waals surface area contributed by atoms with Crippen molar-refractivity contribution in [2.75, 3.05) is 187 Å². The van der Waals surface area contributed by atoms with E-state index in [1.165, 1.54) is 109 Å². The van der Waals surface area contributed by atoms with Gasteiger partial charge in [-0.15, -0.1) is 10.2 Å². The molecule has 1 N–H and O–H groups in total. The number of anilines is 2. The van der Waals surface area contributed by atoms with Crippen LogP contribution in [0.15, 0.2) is 195 Å². The first-order chi connectivity index (χ1) is 70.4. The van der Waals surface area contributed by atoms with Crippen LogP contribution in [0.25, 0.3) is 11.4 Å². The number of benzene rings is 6. The number of carbonyl (C=O) groups excluding carboxylic acids is 10. The molecule has 40 heteroatoms. The molecule has 0 spiro atoms. The number of ketones is 5. The van der Waals surface area contributed by atoms with Gasteiger partial charge in [-0.25, -0.2) is 24.0 Å². The third kappa shape index (κ3) is 28.4. The molecule has 7 saturated heterocycles. The number of H-pyrrole nitrogens is 1. The number of likely N-dealkylation sites (tertiary alicyclic amines) is 1. The zero-order valence-electron chi connectivity index (χ0n) is 84.7. The Labute approximate surface area is 854 Å². The van der Waals surface area contributed by atoms with Crippen molar-refractivity contribution in [1.29, 1.82) is 0 Å². The van der Waals surface area contributed by atoms with Gasteiger partial charge in [-0.1, -0.05) is 96.0 Å². The van der Waals surface area contributed by atoms with Gasteiger partial charge in [-0.3, -0.25) is 48.5 Å². The quantitative estimate of drug-likeness (QED) is 0.0653. The average molecular weight is 2010 g/mol. The maximum atomic E-state index is 12.8. The molecule has 768 valence electrons. The highest BCUT2D eigenvalue weighted by atomic mass is 35.5. The molecule has 5 amide bonds. The molecule has 6 aromatic carbocycles. The van der Waals surface area contributed by atoms with Crippen molar-refractivity contribution in [3.63, 3.8) is 0 Å². The number of nitrogens with zero attached hydrogens (tertiary/aromatic N) is 25. The van der Waals surface area contributed by atoms with Crippen molar-refractivity contribution in [2.45, 2.75) is 113 Å². The van der Waals surface area contributed by atoms with E-state index in [0.29, 0.717) is 99.7 Å². The molecule has 19 rings (SSSR count). The number of para-hydroxylation sites is 1. The lowest BCUT2D eigenvalue weighted by atomic mass is 9.87. The van der Waals surface area contributed by atoms with Gasteiger partial charge in [0.15, 0.2) is 28.9 Å². The molecular formula is C106H129ClN26O13. The first kappa shape index (κ1) is 106. The number of halogens is 1. The van der Waals surface area contributed by atoms with E-state index in [0.717, 1.165) is 184 Å². The molecule has 0 unspecified atom stereocenters. The van der Waals surface area contributed by atoms with Crippen LogP contribution in [0.3, 0.4) is 0 Å². The number of aryl methyl sites for hydroxylation is 3. The van der Waals surface area contributed by atoms with Gasteiger partial charge in [-0.05, 0) is 177 Å². The third-order valence-electron chi connectivity index (χ3n) is 27.2. The summed E-state index contributed by atoms with van der Waals surface area (Å²) in [5, 5.41) is 35.5. The zero-order valence-corrected chi connectivity index (χ0v) is 85.4. The Hall–Kier alpha value is -14.5. The minimum Gasteiger partial charge on any atom is -0.457 e. The number of aromatic amines is 1. The van der Waals surface area contributed by atoms with E-state index < -0.39 is 0 Å². The maximum Gasteiger partial charge on any atom is 0.344 e. The van der Waals surface area contributed by atoms with Crippen LogP contribution in [0, 0.1) is 20.8 Å². The summed E-state index contributed by atoms with van der Waals surface area (Å²) in [6.07, 6.45) is 9.53. The lowest BCUT2D eigenvalue weighted by Crippen LogP contribution is -2.53. The fraction of sp³-hybridized carbons (Fsp3) is 0.415. The van der Waals surface area contributed by atoms with E-state index in [1.807, 2.05) is 78.6 Å². The van der Waals surface area contributed by atoms with Gasteiger partial charge in [0.25, 0.3) is 0 Å². The topological polar surface area (TPSA) is 381 Å². The highest BCUT2D eigenvalue weighted by Crippen LogP contribution is 2.34. The summed E-state index contributed by atoms with van der Waals surface area (Å²) in [6.45, 7) is 39.3. The Morgan fingerprint density at radius 3 is 1.10 bits per heavy atom. The summed E-state index contributed by atoms with van der Waals surface area (Å²) in [6, 6.07) is 52.2. The van der Waals surface area contributed by atoms with Gasteiger partial charge >= 0.3 is 30.2 Å². The van der Waals surface area contributed by atoms with Crippen molar-refractivity contribution in [2.24, 2.45) is 0 Å². The van der Waals surface area contributed by atoms with Gasteiger partial charge in [0.2, 0.25) is 5.82 Å². The number of Topliss-reactive ketones (excluding diaryl/α,β-unsaturated/α-hetero) is 5. The number of ether oxygens (including phenoxy) is 3. The molecule has 12 aromatic rings. The number of aromatic nitrogens is 14. The normalized spacial score (nSPS) is 16.4. The standard InChI is InChI=1S/C25H35N5O3.C23H24N4O3.C22H29N5O3.C19H22N8O2.C17H19ClN4O2/c1-19-5-6-21(23(17-19)28-13-15-33-16-14-28)18-27(4)25(3)8-11-29(12-9-25)24(32)30-10-7-22(26-30)20(2)31;1-18(28)22-10-11-27(24-22)23(29)26-14-12-25(13-15-26)17-19-6-5-9-21(16-19)30-20-7-3-2-4-8-20;1-17-3-4-19(21(15-17)25-11-13-30-14-12-25)16-24-7-9-26(10-8-24)22(29)27-6-5-20(23-27)18(2)28;1-13-3-4-15(16(11-13)18-20-23-24-21-18)12-25-7-9-26(10-8-25)19(29)27-6-5-17(22-27)14(2)28;1-13(23)16-6-7-22(19-16)17(24)21-10-8-20(9-11-21)12-14-2-4-15(18)5-3-14/h5-7,10,17H,8-9,11-16,18H2,1-4H3;2-11,16H,12-15,17H2,1H3;3-6,15H,7-14,16H2,1-2H3;3-6,11H,7-10,12H2,1-2H3,(H,20,21,23,24);2-7H,8-12H2,1H3. The van der Waals surface area contributed by atoms with Crippen LogP contribution in [0.5, 0.6) is 11.5 Å². The molecule has 0 saturated carbocycles. The summed E-state index contributed by atoms with van der Waals surface area (Å²) in [7, 11) is 2.19. The van der Waals surface area contributed by atoms with Crippen LogP contribution in [0.1, 0.15) is 151 Å². The molecule has 146 heavy (non-hydrogen) atoms. The number of carbonyl (C=O) groups is 10. The number of amides is 5. The largest absolute Gasteiger partial charge is 0.457 e. The highest BCUT2D eigenvalue weighted by Gasteiger charge is 2.38. The van der Waals surface area contributed by atoms with Crippen molar-refractivity contribution in [3.05, 3.63) is 273 Å². The fourth-order valence-electron chi connectivity index (χ4n) is 18.3. The summed E-state index contributed by atoms with van der Waals surface area (Å²) in [5.74, 6) is 1.48. The van der Waals surface area contributed by atoms with Gasteiger partial charge < -0.3 is 48.5 Å². The number of morpholine rings is 2. The summed E-state index contributed by atoms with van der Waals surface area (Å²) in [4.78, 5) is 146. The van der Waals surface area contributed by atoms with Crippen molar-refractivity contribution in [1.82, 2.24) is 119 Å². The van der Waals surface area contributed by atoms with Crippen LogP contribution < -0.4 is 14.5 Å². The Bertz CT molecular complexity index is 6480. The minimum atomic E-state index is -0.208. The van der Waals surface area contributed by atoms with Crippen LogP contribution in [0.4, 0.5) is 35.3 Å². The molecule has 0 radical (unpaired) electrons. The molecule has 13 heterocycles. The fourth-order valence-corrected chi connectivity index (χ4v) is 18.4. The molecule has 7 aliphatic rings. The molecule has 0 bridgehead atoms. The number of nitrogens with one attached hydrogen (secondary N) is 1. The number of tetrazole rings is 1. The van der Waals surface area contributed by atoms with Crippen LogP contribution in [-0.4, -0.2) is 361 Å². The lowest BCUT2D eigenvalue weighted by Gasteiger charge is -2.45. The molecule has 39 nitrogen and oxygen atoms in total. The molecule has 7 fully saturated rings. The van der Waals surface area contributed by atoms with E-state index in [2.05, 4.69) is 175 Å². The van der Waals surface area contributed by atoms with Gasteiger partial charge in [-0.2, -0.15) is 54.1 Å². The van der Waals surface area contributed by atoms with E-state index in [9.17, 15) is 47.9 Å². The van der Waals surface area contributed by atoms with Gasteiger partial charge in [0.05, 0.1) is 26.4 Å². The number of piperidine rings is 1. The smallest absolute Gasteiger partial charge is 0.344 e. The third-order valence-corrected chi connectivity index (χ3v) is 27.4. The van der Waals surface area contributed by atoms with E-state index in [4.69, 9.17) is 25.8 Å². The molecular weight excluding hydrogens is 1880 g/mol. The second-order valence-electron chi connectivity index (χ2n) is 37.9. The van der Waals surface area contributed by atoms with Gasteiger partial charge in [0.1, 0.15) is 40.0 Å². The highest BCUT2D eigenvalue weighted by molar-refractivity contribution is 6.30. The maximum absolute atomic E-state index is 12.8. The predicted molar refractivity (Wildman–Crippen MR) is 550 cm³/mol. The van der Waals surface area contributed by atoms with Crippen molar-refractivity contribution < 1.29 is 62.2 Å². The van der Waals surface area contributed by atoms with Crippen molar-refractivity contribution >= 4 is 82.0 Å². The molecule has 6 aromatic heterocycles. The summed E-state index contributed by atoms with van der Waals surface area (Å²) >= 11 is 5.90. The first-order valence-corrected chi connectivity index (χ1v) is 49.9. The van der Waals surface area contributed by atoms with Crippen molar-refractivity contribution in [3.8, 4) is 22.9 Å².